The number of hydrogen-bond donors (Lipinski definition) is 2. The Balaban J connectivity index is 3.06. The highest BCUT2D eigenvalue weighted by molar-refractivity contribution is 6.31. The lowest BCUT2D eigenvalue weighted by Gasteiger charge is -2.04. The Hall–Kier alpha value is -1.82. The summed E-state index contributed by atoms with van der Waals surface area (Å²) in [6, 6.07) is 1.50. The average Bonchev–Trinajstić information content (AvgIpc) is 2.19. The van der Waals surface area contributed by atoms with Crippen molar-refractivity contribution in [1.82, 2.24) is 14.6 Å². The first-order chi connectivity index (χ1) is 7.00. The molecule has 0 aliphatic heterocycles. The Morgan fingerprint density at radius 2 is 2.20 bits per heavy atom. The van der Waals surface area contributed by atoms with Crippen LogP contribution in [0.15, 0.2) is 15.7 Å². The van der Waals surface area contributed by atoms with E-state index in [-0.39, 0.29) is 5.65 Å². The average molecular weight is 227 g/mol. The number of nitrogen functional groups attached to an aromatic ring is 1. The van der Waals surface area contributed by atoms with Gasteiger partial charge >= 0.3 is 11.1 Å². The van der Waals surface area contributed by atoms with Crippen molar-refractivity contribution < 1.29 is 0 Å². The summed E-state index contributed by atoms with van der Waals surface area (Å²) >= 11 is 5.82. The lowest BCUT2D eigenvalue weighted by molar-refractivity contribution is 0.916. The van der Waals surface area contributed by atoms with Crippen molar-refractivity contribution in [2.75, 3.05) is 5.84 Å². The van der Waals surface area contributed by atoms with Crippen LogP contribution >= 0.6 is 11.6 Å². The SMILES string of the molecule is Cc1nc2c(cc1Cl)[nH]c(=O)c(=O)n2N. The van der Waals surface area contributed by atoms with E-state index in [1.165, 1.54) is 6.07 Å². The lowest BCUT2D eigenvalue weighted by Crippen LogP contribution is -2.40. The van der Waals surface area contributed by atoms with E-state index in [1.807, 2.05) is 0 Å². The van der Waals surface area contributed by atoms with Gasteiger partial charge in [0, 0.05) is 0 Å². The minimum Gasteiger partial charge on any atom is -0.334 e. The van der Waals surface area contributed by atoms with Gasteiger partial charge < -0.3 is 10.8 Å². The van der Waals surface area contributed by atoms with Crippen LogP contribution in [0, 0.1) is 6.92 Å². The zero-order valence-electron chi connectivity index (χ0n) is 7.74. The molecule has 0 aliphatic carbocycles. The zero-order chi connectivity index (χ0) is 11.2. The van der Waals surface area contributed by atoms with Crippen LogP contribution in [0.5, 0.6) is 0 Å². The minimum absolute atomic E-state index is 0.196. The van der Waals surface area contributed by atoms with Crippen molar-refractivity contribution in [2.45, 2.75) is 6.92 Å². The lowest BCUT2D eigenvalue weighted by atomic mass is 10.3. The van der Waals surface area contributed by atoms with Crippen LogP contribution in [-0.4, -0.2) is 14.6 Å². The summed E-state index contributed by atoms with van der Waals surface area (Å²) in [5.74, 6) is 5.42. The number of nitrogens with zero attached hydrogens (tertiary/aromatic N) is 2. The van der Waals surface area contributed by atoms with Gasteiger partial charge in [0.1, 0.15) is 0 Å². The summed E-state index contributed by atoms with van der Waals surface area (Å²) in [6.07, 6.45) is 0. The van der Waals surface area contributed by atoms with Gasteiger partial charge in [-0.1, -0.05) is 11.6 Å². The van der Waals surface area contributed by atoms with Gasteiger partial charge in [-0.15, -0.1) is 0 Å². The highest BCUT2D eigenvalue weighted by Crippen LogP contribution is 2.16. The van der Waals surface area contributed by atoms with E-state index in [9.17, 15) is 9.59 Å². The fourth-order valence-corrected chi connectivity index (χ4v) is 1.38. The maximum Gasteiger partial charge on any atom is 0.336 e. The Bertz CT molecular complexity index is 658. The number of H-pyrrole nitrogens is 1. The molecular formula is C8H7ClN4O2. The van der Waals surface area contributed by atoms with Gasteiger partial charge in [0.2, 0.25) is 0 Å². The van der Waals surface area contributed by atoms with Gasteiger partial charge in [-0.05, 0) is 13.0 Å². The van der Waals surface area contributed by atoms with Gasteiger partial charge in [0.25, 0.3) is 0 Å². The summed E-state index contributed by atoms with van der Waals surface area (Å²) < 4.78 is 0.706. The molecule has 2 aromatic heterocycles. The third-order valence-electron chi connectivity index (χ3n) is 2.02. The Morgan fingerprint density at radius 1 is 1.53 bits per heavy atom. The van der Waals surface area contributed by atoms with Crippen molar-refractivity contribution in [3.05, 3.63) is 37.5 Å². The molecule has 2 heterocycles. The number of aromatic amines is 1. The van der Waals surface area contributed by atoms with Crippen LogP contribution in [0.2, 0.25) is 5.02 Å². The molecular weight excluding hydrogens is 220 g/mol. The van der Waals surface area contributed by atoms with E-state index in [4.69, 9.17) is 17.4 Å². The third kappa shape index (κ3) is 1.39. The van der Waals surface area contributed by atoms with Crippen LogP contribution in [-0.2, 0) is 0 Å². The molecule has 0 fully saturated rings. The van der Waals surface area contributed by atoms with Gasteiger partial charge in [0.05, 0.1) is 16.2 Å². The van der Waals surface area contributed by atoms with Crippen LogP contribution in [0.3, 0.4) is 0 Å². The van der Waals surface area contributed by atoms with Crippen molar-refractivity contribution in [3.63, 3.8) is 0 Å². The second-order valence-electron chi connectivity index (χ2n) is 3.06. The molecule has 6 nitrogen and oxygen atoms in total. The van der Waals surface area contributed by atoms with E-state index >= 15 is 0 Å². The Morgan fingerprint density at radius 3 is 2.87 bits per heavy atom. The second-order valence-corrected chi connectivity index (χ2v) is 3.46. The minimum atomic E-state index is -0.850. The number of nitrogens with two attached hydrogens (primary N) is 1. The van der Waals surface area contributed by atoms with Crippen LogP contribution in [0.4, 0.5) is 0 Å². The molecule has 0 bridgehead atoms. The smallest absolute Gasteiger partial charge is 0.334 e. The molecule has 0 saturated carbocycles. The van der Waals surface area contributed by atoms with Crippen molar-refractivity contribution >= 4 is 22.8 Å². The van der Waals surface area contributed by atoms with Gasteiger partial charge in [-0.25, -0.2) is 9.66 Å². The van der Waals surface area contributed by atoms with Gasteiger partial charge in [0.15, 0.2) is 5.65 Å². The first-order valence-corrected chi connectivity index (χ1v) is 4.46. The summed E-state index contributed by atoms with van der Waals surface area (Å²) in [6.45, 7) is 1.68. The second kappa shape index (κ2) is 3.09. The third-order valence-corrected chi connectivity index (χ3v) is 2.40. The van der Waals surface area contributed by atoms with Gasteiger partial charge in [-0.3, -0.25) is 9.59 Å². The predicted molar refractivity (Wildman–Crippen MR) is 56.5 cm³/mol. The van der Waals surface area contributed by atoms with E-state index in [2.05, 4.69) is 9.97 Å². The van der Waals surface area contributed by atoms with E-state index in [1.54, 1.807) is 6.92 Å². The summed E-state index contributed by atoms with van der Waals surface area (Å²) in [7, 11) is 0. The fraction of sp³-hybridized carbons (Fsp3) is 0.125. The number of nitrogens with one attached hydrogen (secondary N) is 1. The predicted octanol–water partition coefficient (Wildman–Crippen LogP) is -0.240. The topological polar surface area (TPSA) is 93.8 Å². The van der Waals surface area contributed by atoms with Gasteiger partial charge in [-0.2, -0.15) is 0 Å². The molecule has 0 aliphatic rings. The summed E-state index contributed by atoms with van der Waals surface area (Å²) in [5.41, 5.74) is -0.586. The normalized spacial score (nSPS) is 10.8. The highest BCUT2D eigenvalue weighted by Gasteiger charge is 2.08. The molecule has 7 heteroatoms. The van der Waals surface area contributed by atoms with E-state index < -0.39 is 11.1 Å². The van der Waals surface area contributed by atoms with Crippen molar-refractivity contribution in [3.8, 4) is 0 Å². The molecule has 15 heavy (non-hydrogen) atoms. The number of hydrogen-bond acceptors (Lipinski definition) is 4. The van der Waals surface area contributed by atoms with E-state index in [0.717, 1.165) is 0 Å². The molecule has 2 aromatic rings. The molecule has 3 N–H and O–H groups in total. The quantitative estimate of drug-likeness (QED) is 0.479. The molecule has 78 valence electrons. The molecule has 0 radical (unpaired) electrons. The molecule has 0 amide bonds. The monoisotopic (exact) mass is 226 g/mol. The highest BCUT2D eigenvalue weighted by atomic mass is 35.5. The number of pyridine rings is 1. The molecule has 0 spiro atoms. The number of rotatable bonds is 0. The van der Waals surface area contributed by atoms with Crippen LogP contribution in [0.1, 0.15) is 5.69 Å². The Labute approximate surface area is 88.3 Å². The first kappa shape index (κ1) is 9.72. The standard InChI is InChI=1S/C8H7ClN4O2/c1-3-4(9)2-5-6(11-3)13(10)8(15)7(14)12-5/h2H,10H2,1H3,(H,12,14). The van der Waals surface area contributed by atoms with Crippen LogP contribution < -0.4 is 17.0 Å². The number of aromatic nitrogens is 3. The number of aryl methyl sites for hydroxylation is 1. The molecule has 2 rings (SSSR count). The summed E-state index contributed by atoms with van der Waals surface area (Å²) in [5, 5.41) is 0.400. The largest absolute Gasteiger partial charge is 0.336 e. The maximum absolute atomic E-state index is 11.2. The molecule has 0 saturated heterocycles. The fourth-order valence-electron chi connectivity index (χ4n) is 1.23. The zero-order valence-corrected chi connectivity index (χ0v) is 8.50. The van der Waals surface area contributed by atoms with Crippen molar-refractivity contribution in [2.24, 2.45) is 0 Å². The molecule has 0 aromatic carbocycles. The number of fused-ring (bicyclic) bond motifs is 1. The molecule has 0 atom stereocenters. The maximum atomic E-state index is 11.2. The Kier molecular flexibility index (Phi) is 2.01. The van der Waals surface area contributed by atoms with Crippen LogP contribution in [0.25, 0.3) is 11.2 Å². The molecule has 0 unspecified atom stereocenters. The van der Waals surface area contributed by atoms with Crippen molar-refractivity contribution in [1.29, 1.82) is 0 Å². The number of halogens is 1. The van der Waals surface area contributed by atoms with E-state index in [0.29, 0.717) is 20.9 Å². The summed E-state index contributed by atoms with van der Waals surface area (Å²) in [4.78, 5) is 28.7. The first-order valence-electron chi connectivity index (χ1n) is 4.08.